The fourth-order valence-corrected chi connectivity index (χ4v) is 3.87. The van der Waals surface area contributed by atoms with E-state index in [1.165, 1.54) is 30.7 Å². The van der Waals surface area contributed by atoms with Gasteiger partial charge in [-0.1, -0.05) is 11.3 Å². The van der Waals surface area contributed by atoms with Gasteiger partial charge in [-0.05, 0) is 26.0 Å². The first-order chi connectivity index (χ1) is 14.5. The lowest BCUT2D eigenvalue weighted by atomic mass is 10.1. The molecule has 0 saturated heterocycles. The monoisotopic (exact) mass is 427 g/mol. The van der Waals surface area contributed by atoms with Gasteiger partial charge in [0.2, 0.25) is 17.7 Å². The molecule has 1 aliphatic rings. The zero-order valence-electron chi connectivity index (χ0n) is 16.8. The van der Waals surface area contributed by atoms with E-state index >= 15 is 0 Å². The zero-order chi connectivity index (χ0) is 21.1. The average Bonchev–Trinajstić information content (AvgIpc) is 3.46. The van der Waals surface area contributed by atoms with Crippen molar-refractivity contribution in [1.29, 1.82) is 0 Å². The van der Waals surface area contributed by atoms with Gasteiger partial charge >= 0.3 is 0 Å². The summed E-state index contributed by atoms with van der Waals surface area (Å²) in [6, 6.07) is 3.62. The number of hydrogen-bond donors (Lipinski definition) is 1. The van der Waals surface area contributed by atoms with Gasteiger partial charge in [-0.15, -0.1) is 0 Å². The number of hydrogen-bond acceptors (Lipinski definition) is 9. The van der Waals surface area contributed by atoms with Crippen LogP contribution in [0.2, 0.25) is 0 Å². The predicted octanol–water partition coefficient (Wildman–Crippen LogP) is 2.98. The van der Waals surface area contributed by atoms with Crippen molar-refractivity contribution in [2.24, 2.45) is 4.99 Å². The lowest BCUT2D eigenvalue weighted by Crippen LogP contribution is -2.35. The predicted molar refractivity (Wildman–Crippen MR) is 113 cm³/mol. The van der Waals surface area contributed by atoms with E-state index in [4.69, 9.17) is 14.2 Å². The molecule has 10 heteroatoms. The van der Waals surface area contributed by atoms with Crippen LogP contribution in [-0.4, -0.2) is 52.4 Å². The SMILES string of the molecule is CCOc1nc2ccc(Oc3cnc(OC[C@H](C)NC(C)=O)cn3)c(C3=NC3)c2s1. The van der Waals surface area contributed by atoms with Crippen molar-refractivity contribution in [1.82, 2.24) is 20.3 Å². The van der Waals surface area contributed by atoms with Crippen molar-refractivity contribution in [3.63, 3.8) is 0 Å². The second kappa shape index (κ2) is 8.62. The Balaban J connectivity index is 1.49. The molecule has 9 nitrogen and oxygen atoms in total. The Bertz CT molecular complexity index is 1100. The van der Waals surface area contributed by atoms with Gasteiger partial charge in [-0.3, -0.25) is 9.79 Å². The summed E-state index contributed by atoms with van der Waals surface area (Å²) in [5.41, 5.74) is 2.74. The van der Waals surface area contributed by atoms with Crippen molar-refractivity contribution in [2.45, 2.75) is 26.8 Å². The fourth-order valence-electron chi connectivity index (χ4n) is 2.84. The zero-order valence-corrected chi connectivity index (χ0v) is 17.7. The van der Waals surface area contributed by atoms with Crippen LogP contribution in [0, 0.1) is 0 Å². The molecule has 156 valence electrons. The number of thiazole rings is 1. The molecule has 3 heterocycles. The van der Waals surface area contributed by atoms with Crippen LogP contribution >= 0.6 is 11.3 Å². The molecule has 1 aliphatic heterocycles. The minimum atomic E-state index is -0.130. The van der Waals surface area contributed by atoms with E-state index in [0.717, 1.165) is 21.5 Å². The van der Waals surface area contributed by atoms with Gasteiger partial charge in [0.05, 0.1) is 53.1 Å². The molecule has 1 atom stereocenters. The third-order valence-electron chi connectivity index (χ3n) is 4.12. The van der Waals surface area contributed by atoms with Gasteiger partial charge in [-0.25, -0.2) is 15.0 Å². The van der Waals surface area contributed by atoms with Crippen LogP contribution in [0.15, 0.2) is 29.5 Å². The topological polar surface area (TPSA) is 108 Å². The molecule has 0 spiro atoms. The molecule has 1 aromatic carbocycles. The molecular weight excluding hydrogens is 406 g/mol. The maximum atomic E-state index is 11.0. The lowest BCUT2D eigenvalue weighted by Gasteiger charge is -2.13. The summed E-state index contributed by atoms with van der Waals surface area (Å²) in [6.45, 7) is 6.78. The highest BCUT2D eigenvalue weighted by Gasteiger charge is 2.24. The summed E-state index contributed by atoms with van der Waals surface area (Å²) in [4.78, 5) is 28.4. The third-order valence-corrected chi connectivity index (χ3v) is 5.12. The van der Waals surface area contributed by atoms with Crippen LogP contribution in [0.5, 0.6) is 22.7 Å². The van der Waals surface area contributed by atoms with E-state index in [2.05, 4.69) is 25.3 Å². The summed E-state index contributed by atoms with van der Waals surface area (Å²) in [6.07, 6.45) is 2.99. The number of aromatic nitrogens is 3. The first-order valence-corrected chi connectivity index (χ1v) is 10.3. The van der Waals surface area contributed by atoms with Crippen molar-refractivity contribution < 1.29 is 19.0 Å². The molecule has 0 saturated carbocycles. The largest absolute Gasteiger partial charge is 0.474 e. The standard InChI is InChI=1S/C20H21N5O4S/c1-4-27-20-25-13-5-6-15(18(14-7-21-14)19(13)30-20)29-17-9-22-16(8-23-17)28-10-11(2)24-12(3)26/h5-6,8-9,11H,4,7,10H2,1-3H3,(H,24,26)/t11-/m0/s1. The van der Waals surface area contributed by atoms with E-state index in [-0.39, 0.29) is 11.9 Å². The summed E-state index contributed by atoms with van der Waals surface area (Å²) < 4.78 is 18.1. The van der Waals surface area contributed by atoms with E-state index < -0.39 is 0 Å². The summed E-state index contributed by atoms with van der Waals surface area (Å²) >= 11 is 1.48. The molecule has 4 rings (SSSR count). The molecule has 0 radical (unpaired) electrons. The Kier molecular flexibility index (Phi) is 5.75. The second-order valence-corrected chi connectivity index (χ2v) is 7.63. The third kappa shape index (κ3) is 4.65. The average molecular weight is 427 g/mol. The first-order valence-electron chi connectivity index (χ1n) is 9.53. The molecule has 3 aromatic rings. The minimum absolute atomic E-state index is 0.108. The number of nitrogens with zero attached hydrogens (tertiary/aromatic N) is 4. The van der Waals surface area contributed by atoms with Crippen molar-refractivity contribution in [3.8, 4) is 22.7 Å². The van der Waals surface area contributed by atoms with Crippen molar-refractivity contribution >= 4 is 33.2 Å². The van der Waals surface area contributed by atoms with Crippen LogP contribution in [0.3, 0.4) is 0 Å². The molecule has 0 aliphatic carbocycles. The van der Waals surface area contributed by atoms with Gasteiger partial charge in [0.1, 0.15) is 12.4 Å². The van der Waals surface area contributed by atoms with Gasteiger partial charge in [0.15, 0.2) is 0 Å². The number of nitrogens with one attached hydrogen (secondary N) is 1. The highest BCUT2D eigenvalue weighted by molar-refractivity contribution is 7.20. The Morgan fingerprint density at radius 3 is 2.67 bits per heavy atom. The Hall–Kier alpha value is -3.27. The number of benzene rings is 1. The quantitative estimate of drug-likeness (QED) is 0.559. The van der Waals surface area contributed by atoms with E-state index in [9.17, 15) is 4.79 Å². The molecule has 1 amide bonds. The van der Waals surface area contributed by atoms with Gasteiger partial charge in [-0.2, -0.15) is 0 Å². The fraction of sp³-hybridized carbons (Fsp3) is 0.350. The summed E-state index contributed by atoms with van der Waals surface area (Å²) in [7, 11) is 0. The van der Waals surface area contributed by atoms with E-state index in [1.54, 1.807) is 0 Å². The minimum Gasteiger partial charge on any atom is -0.474 e. The second-order valence-electron chi connectivity index (χ2n) is 6.67. The summed E-state index contributed by atoms with van der Waals surface area (Å²) in [5, 5.41) is 3.37. The molecule has 1 N–H and O–H groups in total. The molecule has 0 unspecified atom stereocenters. The number of amides is 1. The van der Waals surface area contributed by atoms with E-state index in [0.29, 0.717) is 42.5 Å². The lowest BCUT2D eigenvalue weighted by molar-refractivity contribution is -0.119. The van der Waals surface area contributed by atoms with Crippen molar-refractivity contribution in [2.75, 3.05) is 19.8 Å². The molecule has 30 heavy (non-hydrogen) atoms. The number of rotatable bonds is 9. The molecule has 0 bridgehead atoms. The Morgan fingerprint density at radius 2 is 2.00 bits per heavy atom. The highest BCUT2D eigenvalue weighted by Crippen LogP contribution is 2.39. The number of carbonyl (C=O) groups excluding carboxylic acids is 1. The van der Waals surface area contributed by atoms with Gasteiger partial charge in [0, 0.05) is 6.92 Å². The number of fused-ring (bicyclic) bond motifs is 1. The smallest absolute Gasteiger partial charge is 0.274 e. The van der Waals surface area contributed by atoms with E-state index in [1.807, 2.05) is 26.0 Å². The van der Waals surface area contributed by atoms with Crippen LogP contribution in [0.4, 0.5) is 0 Å². The maximum Gasteiger partial charge on any atom is 0.274 e. The maximum absolute atomic E-state index is 11.0. The Labute approximate surface area is 177 Å². The molecule has 0 fully saturated rings. The molecule has 2 aromatic heterocycles. The van der Waals surface area contributed by atoms with Gasteiger partial charge < -0.3 is 19.5 Å². The highest BCUT2D eigenvalue weighted by atomic mass is 32.1. The van der Waals surface area contributed by atoms with Crippen molar-refractivity contribution in [3.05, 3.63) is 30.1 Å². The van der Waals surface area contributed by atoms with Gasteiger partial charge in [0.25, 0.3) is 5.19 Å². The van der Waals surface area contributed by atoms with Crippen LogP contribution in [0.25, 0.3) is 10.2 Å². The van der Waals surface area contributed by atoms with Crippen LogP contribution < -0.4 is 19.5 Å². The normalized spacial score (nSPS) is 13.5. The van der Waals surface area contributed by atoms with Crippen LogP contribution in [0.1, 0.15) is 26.3 Å². The number of ether oxygens (including phenoxy) is 3. The number of carbonyl (C=O) groups is 1. The first kappa shape index (κ1) is 20.0. The Morgan fingerprint density at radius 1 is 1.23 bits per heavy atom. The molecular formula is C20H21N5O4S. The number of aliphatic imine (C=N–C) groups is 1. The van der Waals surface area contributed by atoms with Crippen LogP contribution in [-0.2, 0) is 4.79 Å². The summed E-state index contributed by atoms with van der Waals surface area (Å²) in [5.74, 6) is 1.23.